The van der Waals surface area contributed by atoms with Gasteiger partial charge in [0, 0.05) is 0 Å². The van der Waals surface area contributed by atoms with Gasteiger partial charge >= 0.3 is 29.0 Å². The molecule has 0 rings (SSSR count). The van der Waals surface area contributed by atoms with E-state index in [2.05, 4.69) is 0 Å². The molecule has 9 heteroatoms. The van der Waals surface area contributed by atoms with Crippen LogP contribution in [0.25, 0.3) is 0 Å². The van der Waals surface area contributed by atoms with E-state index in [1.165, 1.54) is 0 Å². The number of rotatable bonds is 3. The van der Waals surface area contributed by atoms with Crippen molar-refractivity contribution in [2.24, 2.45) is 11.7 Å². The topological polar surface area (TPSA) is 147 Å². The smallest absolute Gasteiger partial charge is 0.790 e. The fourth-order valence-electron chi connectivity index (χ4n) is 0.609. The molecule has 0 aliphatic carbocycles. The Morgan fingerprint density at radius 2 is 1.73 bits per heavy atom. The minimum Gasteiger partial charge on any atom is -0.790 e. The Bertz CT molecular complexity index is 209. The number of carboxylic acid groups (broad SMARTS) is 1. The van der Waals surface area contributed by atoms with E-state index in [0.717, 1.165) is 0 Å². The van der Waals surface area contributed by atoms with Gasteiger partial charge in [-0.25, -0.2) is 0 Å². The van der Waals surface area contributed by atoms with Gasteiger partial charge in [-0.3, -0.25) is 4.79 Å². The van der Waals surface area contributed by atoms with Gasteiger partial charge in [0.1, 0.15) is 6.04 Å². The number of hydrogen-bond donors (Lipinski definition) is 3. The zero-order chi connectivity index (χ0) is 11.9. The molecule has 0 spiro atoms. The van der Waals surface area contributed by atoms with Crippen molar-refractivity contribution in [3.05, 3.63) is 0 Å². The summed E-state index contributed by atoms with van der Waals surface area (Å²) in [6, 6.07) is -0.690. The van der Waals surface area contributed by atoms with Crippen LogP contribution in [0.3, 0.4) is 0 Å². The molecule has 0 heterocycles. The Labute approximate surface area is 104 Å². The van der Waals surface area contributed by atoms with E-state index in [9.17, 15) is 4.79 Å². The Balaban J connectivity index is -0.000000208. The maximum Gasteiger partial charge on any atom is 2.00 e. The minimum absolute atomic E-state index is 0. The van der Waals surface area contributed by atoms with E-state index in [4.69, 9.17) is 30.1 Å². The molecule has 0 saturated heterocycles. The van der Waals surface area contributed by atoms with E-state index < -0.39 is 19.8 Å². The summed E-state index contributed by atoms with van der Waals surface area (Å²) >= 11 is 0. The molecule has 0 aromatic heterocycles. The first-order chi connectivity index (χ1) is 6.04. The first-order valence-corrected chi connectivity index (χ1v) is 5.26. The number of carboxylic acids is 1. The second kappa shape index (κ2) is 9.53. The summed E-state index contributed by atoms with van der Waals surface area (Å²) in [5.74, 6) is -0.556. The first kappa shape index (κ1) is 20.7. The Hall–Kier alpha value is 0.306. The van der Waals surface area contributed by atoms with Crippen molar-refractivity contribution in [3.63, 3.8) is 0 Å². The van der Waals surface area contributed by atoms with Gasteiger partial charge in [-0.1, -0.05) is 13.8 Å². The number of nitrogens with two attached hydrogens (primary N) is 1. The SMILES string of the molecule is CC(C)CC(N)C(=O)O.O=P([O-])([O-])O.[Mg+2]. The predicted molar refractivity (Wildman–Crippen MR) is 50.6 cm³/mol. The van der Waals surface area contributed by atoms with E-state index >= 15 is 0 Å². The number of carbonyl (C=O) groups is 1. The van der Waals surface area contributed by atoms with E-state index in [1.54, 1.807) is 0 Å². The van der Waals surface area contributed by atoms with Gasteiger partial charge < -0.3 is 30.1 Å². The summed E-state index contributed by atoms with van der Waals surface area (Å²) in [4.78, 5) is 34.4. The summed E-state index contributed by atoms with van der Waals surface area (Å²) in [6.45, 7) is 3.89. The summed E-state index contributed by atoms with van der Waals surface area (Å²) in [6.07, 6.45) is 0.551. The van der Waals surface area contributed by atoms with Crippen molar-refractivity contribution in [3.8, 4) is 0 Å². The van der Waals surface area contributed by atoms with Gasteiger partial charge in [0.25, 0.3) is 0 Å². The molecule has 0 saturated carbocycles. The normalized spacial score (nSPS) is 12.2. The van der Waals surface area contributed by atoms with Crippen LogP contribution in [0.2, 0.25) is 0 Å². The average molecular weight is 251 g/mol. The molecule has 0 aromatic carbocycles. The maximum absolute atomic E-state index is 10.1. The molecule has 0 aliphatic rings. The maximum atomic E-state index is 10.1. The van der Waals surface area contributed by atoms with Crippen molar-refractivity contribution in [1.82, 2.24) is 0 Å². The second-order valence-corrected chi connectivity index (χ2v) is 3.98. The zero-order valence-electron chi connectivity index (χ0n) is 8.62. The fraction of sp³-hybridized carbons (Fsp3) is 0.833. The molecular formula is C6H14MgNO6P. The van der Waals surface area contributed by atoms with Crippen LogP contribution in [0.5, 0.6) is 0 Å². The van der Waals surface area contributed by atoms with Crippen LogP contribution in [0.4, 0.5) is 0 Å². The third-order valence-corrected chi connectivity index (χ3v) is 1.04. The van der Waals surface area contributed by atoms with E-state index in [-0.39, 0.29) is 23.1 Å². The van der Waals surface area contributed by atoms with E-state index in [0.29, 0.717) is 12.3 Å². The molecular weight excluding hydrogens is 237 g/mol. The molecule has 0 fully saturated rings. The molecule has 86 valence electrons. The minimum atomic E-state index is -5.14. The quantitative estimate of drug-likeness (QED) is 0.383. The van der Waals surface area contributed by atoms with Crippen molar-refractivity contribution in [2.45, 2.75) is 26.3 Å². The molecule has 0 bridgehead atoms. The third kappa shape index (κ3) is 31.4. The van der Waals surface area contributed by atoms with Crippen molar-refractivity contribution < 1.29 is 29.1 Å². The van der Waals surface area contributed by atoms with Gasteiger partial charge in [-0.2, -0.15) is 0 Å². The second-order valence-electron chi connectivity index (χ2n) is 3.04. The Morgan fingerprint density at radius 1 is 1.47 bits per heavy atom. The molecule has 7 nitrogen and oxygen atoms in total. The standard InChI is InChI=1S/C6H13NO2.Mg.H3O4P/c1-4(2)3-5(7)6(8)9;;1-5(2,3)4/h4-5H,3,7H2,1-2H3,(H,8,9);;(H3,1,2,3,4)/q;+2;/p-2. The van der Waals surface area contributed by atoms with Crippen molar-refractivity contribution >= 4 is 36.8 Å². The first-order valence-electron chi connectivity index (χ1n) is 3.77. The largest absolute Gasteiger partial charge is 2.00 e. The molecule has 0 aromatic rings. The molecule has 15 heavy (non-hydrogen) atoms. The molecule has 0 aliphatic heterocycles. The molecule has 4 N–H and O–H groups in total. The van der Waals surface area contributed by atoms with Gasteiger partial charge in [-0.15, -0.1) is 0 Å². The summed E-state index contributed by atoms with van der Waals surface area (Å²) in [5, 5.41) is 8.31. The summed E-state index contributed by atoms with van der Waals surface area (Å²) in [5.41, 5.74) is 5.22. The van der Waals surface area contributed by atoms with Crippen LogP contribution in [0.15, 0.2) is 0 Å². The van der Waals surface area contributed by atoms with Crippen LogP contribution in [0.1, 0.15) is 20.3 Å². The number of aliphatic carboxylic acids is 1. The molecule has 1 atom stereocenters. The van der Waals surface area contributed by atoms with E-state index in [1.807, 2.05) is 13.8 Å². The van der Waals surface area contributed by atoms with Crippen molar-refractivity contribution in [2.75, 3.05) is 0 Å². The predicted octanol–water partition coefficient (Wildman–Crippen LogP) is -2.13. The zero-order valence-corrected chi connectivity index (χ0v) is 10.9. The number of phosphoric acid groups is 1. The van der Waals surface area contributed by atoms with Gasteiger partial charge in [0.15, 0.2) is 0 Å². The molecule has 0 radical (unpaired) electrons. The third-order valence-electron chi connectivity index (χ3n) is 1.04. The van der Waals surface area contributed by atoms with Crippen LogP contribution >= 0.6 is 7.82 Å². The van der Waals surface area contributed by atoms with Crippen molar-refractivity contribution in [1.29, 1.82) is 0 Å². The van der Waals surface area contributed by atoms with Crippen LogP contribution in [-0.2, 0) is 9.36 Å². The monoisotopic (exact) mass is 251 g/mol. The van der Waals surface area contributed by atoms with Crippen LogP contribution in [-0.4, -0.2) is 45.1 Å². The number of hydrogen-bond acceptors (Lipinski definition) is 5. The average Bonchev–Trinajstić information content (AvgIpc) is 1.80. The molecule has 1 unspecified atom stereocenters. The Kier molecular flexibility index (Phi) is 13.1. The summed E-state index contributed by atoms with van der Waals surface area (Å²) < 4.78 is 8.66. The van der Waals surface area contributed by atoms with Gasteiger partial charge in [-0.05, 0) is 12.3 Å². The fourth-order valence-corrected chi connectivity index (χ4v) is 0.609. The van der Waals surface area contributed by atoms with Crippen LogP contribution < -0.4 is 15.5 Å². The summed E-state index contributed by atoms with van der Waals surface area (Å²) in [7, 11) is -5.14. The Morgan fingerprint density at radius 3 is 1.80 bits per heavy atom. The van der Waals surface area contributed by atoms with Gasteiger partial charge in [0.05, 0.1) is 7.82 Å². The molecule has 0 amide bonds. The van der Waals surface area contributed by atoms with Gasteiger partial charge in [0.2, 0.25) is 0 Å². The van der Waals surface area contributed by atoms with Crippen LogP contribution in [0, 0.1) is 5.92 Å².